The van der Waals surface area contributed by atoms with Crippen LogP contribution in [0.4, 0.5) is 13.6 Å². The van der Waals surface area contributed by atoms with Crippen molar-refractivity contribution in [1.82, 2.24) is 14.5 Å². The maximum absolute atomic E-state index is 13.4. The second-order valence-corrected chi connectivity index (χ2v) is 10.2. The Balaban J connectivity index is 1.47. The van der Waals surface area contributed by atoms with E-state index in [0.29, 0.717) is 31.5 Å². The van der Waals surface area contributed by atoms with Crippen molar-refractivity contribution >= 4 is 16.1 Å². The molecule has 0 aromatic heterocycles. The van der Waals surface area contributed by atoms with Gasteiger partial charge in [0.05, 0.1) is 6.26 Å². The number of amides is 2. The van der Waals surface area contributed by atoms with Crippen molar-refractivity contribution in [2.45, 2.75) is 56.5 Å². The molecule has 3 rings (SSSR count). The van der Waals surface area contributed by atoms with Crippen molar-refractivity contribution in [2.75, 3.05) is 26.4 Å². The van der Waals surface area contributed by atoms with Gasteiger partial charge in [0.1, 0.15) is 11.6 Å². The van der Waals surface area contributed by atoms with Crippen LogP contribution in [0.25, 0.3) is 0 Å². The fourth-order valence-corrected chi connectivity index (χ4v) is 5.26. The lowest BCUT2D eigenvalue weighted by molar-refractivity contribution is 0.157. The van der Waals surface area contributed by atoms with E-state index in [0.717, 1.165) is 31.7 Å². The summed E-state index contributed by atoms with van der Waals surface area (Å²) in [5, 5.41) is 3.06. The molecule has 0 radical (unpaired) electrons. The van der Waals surface area contributed by atoms with Crippen molar-refractivity contribution in [3.63, 3.8) is 0 Å². The van der Waals surface area contributed by atoms with Gasteiger partial charge < -0.3 is 10.2 Å². The molecule has 1 saturated carbocycles. The van der Waals surface area contributed by atoms with Crippen molar-refractivity contribution in [3.05, 3.63) is 35.4 Å². The minimum Gasteiger partial charge on any atom is -0.335 e. The van der Waals surface area contributed by atoms with Crippen LogP contribution in [0, 0.1) is 11.6 Å². The Kier molecular flexibility index (Phi) is 6.78. The van der Waals surface area contributed by atoms with Gasteiger partial charge in [0.25, 0.3) is 0 Å². The number of nitrogens with zero attached hydrogens (tertiary/aromatic N) is 2. The summed E-state index contributed by atoms with van der Waals surface area (Å²) in [6.45, 7) is 0.854. The lowest BCUT2D eigenvalue weighted by Gasteiger charge is -2.37. The molecule has 0 atom stereocenters. The zero-order chi connectivity index (χ0) is 21.2. The molecule has 2 amide bonds. The SMILES string of the molecule is CN(C(=O)NC1CCC(c2cc(F)cc(F)c2)CC1)C1CCN(S(C)(=O)=O)CC1. The molecule has 2 fully saturated rings. The second-order valence-electron chi connectivity index (χ2n) is 8.20. The number of urea groups is 1. The number of rotatable bonds is 4. The number of halogens is 2. The molecule has 0 spiro atoms. The van der Waals surface area contributed by atoms with Crippen LogP contribution in [0.3, 0.4) is 0 Å². The highest BCUT2D eigenvalue weighted by Crippen LogP contribution is 2.33. The summed E-state index contributed by atoms with van der Waals surface area (Å²) >= 11 is 0. The zero-order valence-corrected chi connectivity index (χ0v) is 17.7. The maximum Gasteiger partial charge on any atom is 0.317 e. The summed E-state index contributed by atoms with van der Waals surface area (Å²) in [5.41, 5.74) is 0.682. The molecule has 1 heterocycles. The van der Waals surface area contributed by atoms with E-state index in [-0.39, 0.29) is 24.0 Å². The van der Waals surface area contributed by atoms with Gasteiger partial charge in [-0.05, 0) is 62.1 Å². The molecule has 1 aromatic carbocycles. The third-order valence-corrected chi connectivity index (χ3v) is 7.47. The lowest BCUT2D eigenvalue weighted by atomic mass is 9.81. The zero-order valence-electron chi connectivity index (χ0n) is 16.9. The first-order valence-electron chi connectivity index (χ1n) is 10.1. The van der Waals surface area contributed by atoms with Crippen LogP contribution in [-0.4, -0.2) is 62.1 Å². The standard InChI is InChI=1S/C20H29F2N3O3S/c1-24(19-7-9-25(10-8-19)29(2,27)28)20(26)23-18-5-3-14(4-6-18)15-11-16(21)13-17(22)12-15/h11-14,18-19H,3-10H2,1-2H3,(H,23,26). The molecular formula is C20H29F2N3O3S. The Morgan fingerprint density at radius 2 is 1.59 bits per heavy atom. The first-order chi connectivity index (χ1) is 13.6. The van der Waals surface area contributed by atoms with Crippen LogP contribution in [0.2, 0.25) is 0 Å². The average molecular weight is 430 g/mol. The van der Waals surface area contributed by atoms with Gasteiger partial charge in [-0.1, -0.05) is 0 Å². The van der Waals surface area contributed by atoms with E-state index in [2.05, 4.69) is 5.32 Å². The van der Waals surface area contributed by atoms with E-state index >= 15 is 0 Å². The topological polar surface area (TPSA) is 69.7 Å². The van der Waals surface area contributed by atoms with Crippen LogP contribution in [0.1, 0.15) is 50.0 Å². The summed E-state index contributed by atoms with van der Waals surface area (Å²) in [7, 11) is -1.44. The van der Waals surface area contributed by atoms with Crippen molar-refractivity contribution in [3.8, 4) is 0 Å². The quantitative estimate of drug-likeness (QED) is 0.800. The molecule has 1 aliphatic heterocycles. The second kappa shape index (κ2) is 8.95. The first-order valence-corrected chi connectivity index (χ1v) is 11.9. The average Bonchev–Trinajstić information content (AvgIpc) is 2.66. The van der Waals surface area contributed by atoms with E-state index in [1.165, 1.54) is 22.7 Å². The molecule has 1 saturated heterocycles. The molecule has 1 aromatic rings. The Morgan fingerprint density at radius 1 is 1.03 bits per heavy atom. The summed E-state index contributed by atoms with van der Waals surface area (Å²) in [4.78, 5) is 14.3. The Hall–Kier alpha value is -1.74. The highest BCUT2D eigenvalue weighted by Gasteiger charge is 2.30. The summed E-state index contributed by atoms with van der Waals surface area (Å²) in [6.07, 6.45) is 5.50. The Morgan fingerprint density at radius 3 is 2.10 bits per heavy atom. The molecule has 0 unspecified atom stereocenters. The van der Waals surface area contributed by atoms with Gasteiger partial charge in [-0.3, -0.25) is 0 Å². The van der Waals surface area contributed by atoms with Crippen LogP contribution in [0.15, 0.2) is 18.2 Å². The van der Waals surface area contributed by atoms with E-state index in [1.54, 1.807) is 11.9 Å². The minimum atomic E-state index is -3.18. The molecular weight excluding hydrogens is 400 g/mol. The Labute approximate surface area is 171 Å². The van der Waals surface area contributed by atoms with Crippen LogP contribution in [0.5, 0.6) is 0 Å². The summed E-state index contributed by atoms with van der Waals surface area (Å²) < 4.78 is 51.6. The number of carbonyl (C=O) groups is 1. The molecule has 6 nitrogen and oxygen atoms in total. The van der Waals surface area contributed by atoms with Gasteiger partial charge >= 0.3 is 6.03 Å². The number of nitrogens with one attached hydrogen (secondary N) is 1. The molecule has 2 aliphatic rings. The van der Waals surface area contributed by atoms with Crippen LogP contribution < -0.4 is 5.32 Å². The van der Waals surface area contributed by atoms with Crippen molar-refractivity contribution in [2.24, 2.45) is 0 Å². The number of hydrogen-bond acceptors (Lipinski definition) is 3. The Bertz CT molecular complexity index is 813. The first kappa shape index (κ1) is 22.0. The smallest absolute Gasteiger partial charge is 0.317 e. The van der Waals surface area contributed by atoms with Crippen molar-refractivity contribution < 1.29 is 22.0 Å². The van der Waals surface area contributed by atoms with Gasteiger partial charge in [-0.15, -0.1) is 0 Å². The largest absolute Gasteiger partial charge is 0.335 e. The monoisotopic (exact) mass is 429 g/mol. The lowest BCUT2D eigenvalue weighted by Crippen LogP contribution is -2.51. The highest BCUT2D eigenvalue weighted by atomic mass is 32.2. The number of sulfonamides is 1. The van der Waals surface area contributed by atoms with Gasteiger partial charge in [0.2, 0.25) is 10.0 Å². The predicted octanol–water partition coefficient (Wildman–Crippen LogP) is 3.06. The normalized spacial score (nSPS) is 24.3. The molecule has 9 heteroatoms. The van der Waals surface area contributed by atoms with E-state index in [4.69, 9.17) is 0 Å². The fourth-order valence-electron chi connectivity index (χ4n) is 4.39. The maximum atomic E-state index is 13.4. The predicted molar refractivity (Wildman–Crippen MR) is 107 cm³/mol. The van der Waals surface area contributed by atoms with E-state index in [1.807, 2.05) is 0 Å². The molecule has 1 N–H and O–H groups in total. The van der Waals surface area contributed by atoms with Gasteiger partial charge in [0.15, 0.2) is 0 Å². The third-order valence-electron chi connectivity index (χ3n) is 6.17. The summed E-state index contributed by atoms with van der Waals surface area (Å²) in [5.74, 6) is -1.01. The van der Waals surface area contributed by atoms with Gasteiger partial charge in [-0.2, -0.15) is 0 Å². The molecule has 29 heavy (non-hydrogen) atoms. The minimum absolute atomic E-state index is 0.0135. The van der Waals surface area contributed by atoms with E-state index < -0.39 is 21.7 Å². The fraction of sp³-hybridized carbons (Fsp3) is 0.650. The van der Waals surface area contributed by atoms with Crippen LogP contribution in [-0.2, 0) is 10.0 Å². The van der Waals surface area contributed by atoms with Gasteiger partial charge in [-0.25, -0.2) is 26.3 Å². The molecule has 0 bridgehead atoms. The number of piperidine rings is 1. The number of hydrogen-bond donors (Lipinski definition) is 1. The van der Waals surface area contributed by atoms with Crippen LogP contribution >= 0.6 is 0 Å². The van der Waals surface area contributed by atoms with Gasteiger partial charge in [0, 0.05) is 38.3 Å². The molecule has 162 valence electrons. The summed E-state index contributed by atoms with van der Waals surface area (Å²) in [6, 6.07) is 3.57. The van der Waals surface area contributed by atoms with E-state index in [9.17, 15) is 22.0 Å². The number of benzene rings is 1. The van der Waals surface area contributed by atoms with Crippen molar-refractivity contribution in [1.29, 1.82) is 0 Å². The third kappa shape index (κ3) is 5.66. The molecule has 1 aliphatic carbocycles. The number of carbonyl (C=O) groups excluding carboxylic acids is 1. The highest BCUT2D eigenvalue weighted by molar-refractivity contribution is 7.88.